The number of anilines is 1. The van der Waals surface area contributed by atoms with E-state index in [1.54, 1.807) is 24.3 Å². The van der Waals surface area contributed by atoms with Crippen molar-refractivity contribution in [2.45, 2.75) is 40.0 Å². The largest absolute Gasteiger partial charge is 0.497 e. The number of hydrogen-bond acceptors (Lipinski definition) is 5. The number of nitrogens with two attached hydrogens (primary N) is 1. The molecule has 0 unspecified atom stereocenters. The number of amides is 2. The van der Waals surface area contributed by atoms with Crippen molar-refractivity contribution in [3.05, 3.63) is 45.8 Å². The molecule has 1 heterocycles. The topological polar surface area (TPSA) is 93.4 Å². The van der Waals surface area contributed by atoms with Gasteiger partial charge in [-0.25, -0.2) is 0 Å². The molecule has 30 heavy (non-hydrogen) atoms. The van der Waals surface area contributed by atoms with Crippen molar-refractivity contribution in [1.82, 2.24) is 5.32 Å². The molecule has 2 aromatic rings. The van der Waals surface area contributed by atoms with Crippen molar-refractivity contribution in [2.75, 3.05) is 12.4 Å². The van der Waals surface area contributed by atoms with E-state index >= 15 is 0 Å². The van der Waals surface area contributed by atoms with Crippen LogP contribution >= 0.6 is 23.6 Å². The van der Waals surface area contributed by atoms with E-state index in [-0.39, 0.29) is 16.4 Å². The maximum atomic E-state index is 12.5. The van der Waals surface area contributed by atoms with Gasteiger partial charge in [-0.3, -0.25) is 14.9 Å². The predicted octanol–water partition coefficient (Wildman–Crippen LogP) is 4.13. The maximum absolute atomic E-state index is 12.5. The van der Waals surface area contributed by atoms with Crippen molar-refractivity contribution < 1.29 is 14.3 Å². The van der Waals surface area contributed by atoms with E-state index in [1.165, 1.54) is 23.3 Å². The number of nitrogens with one attached hydrogen (secondary N) is 2. The standard InChI is InChI=1S/C22H27N3O3S2/c1-22(2,3)13-8-9-15-16(11-13)30-20(17(15)18(23)26)25-21(29)24-19(27)12-6-5-7-14(10-12)28-4/h5-7,10,13H,8-9,11H2,1-4H3,(H2,23,26)(H2,24,25,27,29)/t13-/m0/s1. The summed E-state index contributed by atoms with van der Waals surface area (Å²) in [4.78, 5) is 25.8. The van der Waals surface area contributed by atoms with Crippen molar-refractivity contribution in [3.63, 3.8) is 0 Å². The fourth-order valence-electron chi connectivity index (χ4n) is 3.75. The van der Waals surface area contributed by atoms with Gasteiger partial charge in [-0.05, 0) is 66.6 Å². The van der Waals surface area contributed by atoms with Crippen LogP contribution in [0.1, 0.15) is 58.3 Å². The van der Waals surface area contributed by atoms with Crippen LogP contribution in [0.25, 0.3) is 0 Å². The molecule has 1 atom stereocenters. The number of thiocarbonyl (C=S) groups is 1. The van der Waals surface area contributed by atoms with Gasteiger partial charge in [-0.2, -0.15) is 0 Å². The summed E-state index contributed by atoms with van der Waals surface area (Å²) in [5, 5.41) is 6.39. The Hall–Kier alpha value is -2.45. The molecule has 3 rings (SSSR count). The first-order valence-corrected chi connectivity index (χ1v) is 11.0. The molecular weight excluding hydrogens is 418 g/mol. The fraction of sp³-hybridized carbons (Fsp3) is 0.409. The second-order valence-corrected chi connectivity index (χ2v) is 10.0. The van der Waals surface area contributed by atoms with E-state index in [4.69, 9.17) is 22.7 Å². The molecule has 1 aromatic carbocycles. The van der Waals surface area contributed by atoms with Gasteiger partial charge in [0.2, 0.25) is 0 Å². The first-order valence-electron chi connectivity index (χ1n) is 9.81. The highest BCUT2D eigenvalue weighted by Crippen LogP contribution is 2.44. The Morgan fingerprint density at radius 3 is 2.67 bits per heavy atom. The molecule has 0 saturated heterocycles. The van der Waals surface area contributed by atoms with Crippen LogP contribution in [-0.2, 0) is 12.8 Å². The third-order valence-electron chi connectivity index (χ3n) is 5.52. The summed E-state index contributed by atoms with van der Waals surface area (Å²) in [7, 11) is 1.54. The average molecular weight is 446 g/mol. The third-order valence-corrected chi connectivity index (χ3v) is 6.90. The summed E-state index contributed by atoms with van der Waals surface area (Å²) in [6.07, 6.45) is 2.75. The molecule has 0 radical (unpaired) electrons. The minimum Gasteiger partial charge on any atom is -0.497 e. The number of rotatable bonds is 4. The molecule has 0 spiro atoms. The lowest BCUT2D eigenvalue weighted by molar-refractivity contribution is 0.0975. The molecule has 6 nitrogen and oxygen atoms in total. The zero-order valence-electron chi connectivity index (χ0n) is 17.6. The molecule has 1 aliphatic rings. The number of methoxy groups -OCH3 is 1. The summed E-state index contributed by atoms with van der Waals surface area (Å²) in [5.41, 5.74) is 7.80. The monoisotopic (exact) mass is 445 g/mol. The second kappa shape index (κ2) is 8.73. The van der Waals surface area contributed by atoms with E-state index in [9.17, 15) is 9.59 Å². The number of hydrogen-bond donors (Lipinski definition) is 3. The molecule has 1 aromatic heterocycles. The summed E-state index contributed by atoms with van der Waals surface area (Å²) in [6, 6.07) is 6.79. The van der Waals surface area contributed by atoms with E-state index in [0.29, 0.717) is 27.8 Å². The minimum atomic E-state index is -0.480. The lowest BCUT2D eigenvalue weighted by Crippen LogP contribution is -2.34. The smallest absolute Gasteiger partial charge is 0.257 e. The predicted molar refractivity (Wildman–Crippen MR) is 124 cm³/mol. The van der Waals surface area contributed by atoms with Crippen LogP contribution in [0, 0.1) is 11.3 Å². The number of thiophene rings is 1. The number of carbonyl (C=O) groups excluding carboxylic acids is 2. The number of carbonyl (C=O) groups is 2. The van der Waals surface area contributed by atoms with Crippen molar-refractivity contribution in [1.29, 1.82) is 0 Å². The Bertz CT molecular complexity index is 992. The second-order valence-electron chi connectivity index (χ2n) is 8.52. The number of benzene rings is 1. The maximum Gasteiger partial charge on any atom is 0.257 e. The Balaban J connectivity index is 1.77. The van der Waals surface area contributed by atoms with Crippen LogP contribution < -0.4 is 21.1 Å². The van der Waals surface area contributed by atoms with Crippen molar-refractivity contribution in [2.24, 2.45) is 17.1 Å². The van der Waals surface area contributed by atoms with Gasteiger partial charge < -0.3 is 15.8 Å². The van der Waals surface area contributed by atoms with Crippen LogP contribution in [0.2, 0.25) is 0 Å². The van der Waals surface area contributed by atoms with Gasteiger partial charge >= 0.3 is 0 Å². The summed E-state index contributed by atoms with van der Waals surface area (Å²) in [5.74, 6) is 0.279. The zero-order chi connectivity index (χ0) is 22.1. The molecule has 0 fully saturated rings. The average Bonchev–Trinajstić information content (AvgIpc) is 3.04. The quantitative estimate of drug-likeness (QED) is 0.615. The molecule has 160 valence electrons. The highest BCUT2D eigenvalue weighted by molar-refractivity contribution is 7.80. The molecule has 0 saturated carbocycles. The lowest BCUT2D eigenvalue weighted by atomic mass is 9.72. The van der Waals surface area contributed by atoms with E-state index < -0.39 is 5.91 Å². The lowest BCUT2D eigenvalue weighted by Gasteiger charge is -2.33. The molecule has 0 bridgehead atoms. The molecular formula is C22H27N3O3S2. The van der Waals surface area contributed by atoms with Gasteiger partial charge in [0, 0.05) is 10.4 Å². The fourth-order valence-corrected chi connectivity index (χ4v) is 5.34. The minimum absolute atomic E-state index is 0.122. The molecule has 0 aliphatic heterocycles. The van der Waals surface area contributed by atoms with Crippen LogP contribution in [-0.4, -0.2) is 24.0 Å². The first-order chi connectivity index (χ1) is 14.1. The van der Waals surface area contributed by atoms with Gasteiger partial charge in [0.05, 0.1) is 12.7 Å². The van der Waals surface area contributed by atoms with Gasteiger partial charge in [0.15, 0.2) is 5.11 Å². The van der Waals surface area contributed by atoms with Crippen LogP contribution in [0.5, 0.6) is 5.75 Å². The van der Waals surface area contributed by atoms with Gasteiger partial charge in [-0.1, -0.05) is 26.8 Å². The number of fused-ring (bicyclic) bond motifs is 1. The van der Waals surface area contributed by atoms with Crippen LogP contribution in [0.4, 0.5) is 5.00 Å². The van der Waals surface area contributed by atoms with Crippen LogP contribution in [0.15, 0.2) is 24.3 Å². The van der Waals surface area contributed by atoms with E-state index in [2.05, 4.69) is 31.4 Å². The highest BCUT2D eigenvalue weighted by atomic mass is 32.1. The van der Waals surface area contributed by atoms with E-state index in [0.717, 1.165) is 24.8 Å². The SMILES string of the molecule is COc1cccc(C(=O)NC(=S)Nc2sc3c(c2C(N)=O)CC[C@H](C(C)(C)C)C3)c1. The first kappa shape index (κ1) is 22.2. The van der Waals surface area contributed by atoms with Gasteiger partial charge in [0.1, 0.15) is 10.8 Å². The number of ether oxygens (including phenoxy) is 1. The van der Waals surface area contributed by atoms with Crippen molar-refractivity contribution >= 4 is 45.5 Å². The Morgan fingerprint density at radius 1 is 1.30 bits per heavy atom. The Kier molecular flexibility index (Phi) is 6.47. The van der Waals surface area contributed by atoms with Crippen molar-refractivity contribution in [3.8, 4) is 5.75 Å². The molecule has 8 heteroatoms. The summed E-state index contributed by atoms with van der Waals surface area (Å²) in [6.45, 7) is 6.73. The summed E-state index contributed by atoms with van der Waals surface area (Å²) >= 11 is 6.82. The Labute approximate surface area is 186 Å². The molecule has 2 amide bonds. The van der Waals surface area contributed by atoms with Gasteiger partial charge in [0.25, 0.3) is 11.8 Å². The zero-order valence-corrected chi connectivity index (χ0v) is 19.3. The normalized spacial score (nSPS) is 15.8. The van der Waals surface area contributed by atoms with Gasteiger partial charge in [-0.15, -0.1) is 11.3 Å². The molecule has 4 N–H and O–H groups in total. The highest BCUT2D eigenvalue weighted by Gasteiger charge is 2.33. The number of primary amides is 1. The van der Waals surface area contributed by atoms with E-state index in [1.807, 2.05) is 0 Å². The van der Waals surface area contributed by atoms with Crippen LogP contribution in [0.3, 0.4) is 0 Å². The third kappa shape index (κ3) is 4.82. The summed E-state index contributed by atoms with van der Waals surface area (Å²) < 4.78 is 5.15. The molecule has 1 aliphatic carbocycles. The Morgan fingerprint density at radius 2 is 2.03 bits per heavy atom.